The minimum atomic E-state index is 0.0388. The molecule has 1 aromatic rings. The summed E-state index contributed by atoms with van der Waals surface area (Å²) in [7, 11) is 0. The van der Waals surface area contributed by atoms with E-state index in [4.69, 9.17) is 0 Å². The van der Waals surface area contributed by atoms with Crippen LogP contribution in [-0.2, 0) is 4.79 Å². The fourth-order valence-corrected chi connectivity index (χ4v) is 3.30. The zero-order valence-electron chi connectivity index (χ0n) is 12.6. The van der Waals surface area contributed by atoms with E-state index in [1.54, 1.807) is 18.7 Å². The van der Waals surface area contributed by atoms with Crippen molar-refractivity contribution in [2.75, 3.05) is 30.8 Å². The molecule has 0 atom stereocenters. The molecule has 21 heavy (non-hydrogen) atoms. The molecule has 0 aromatic heterocycles. The molecular weight excluding hydrogens is 282 g/mol. The first-order chi connectivity index (χ1) is 10.2. The van der Waals surface area contributed by atoms with Crippen LogP contribution in [0.2, 0.25) is 0 Å². The number of rotatable bonds is 4. The third kappa shape index (κ3) is 3.92. The van der Waals surface area contributed by atoms with Gasteiger partial charge in [0, 0.05) is 31.5 Å². The fraction of sp³-hybridized carbons (Fsp3) is 0.500. The van der Waals surface area contributed by atoms with Gasteiger partial charge in [0.25, 0.3) is 0 Å². The number of carbonyl (C=O) groups is 1. The number of hydrogen-bond donors (Lipinski definition) is 1. The molecule has 1 N–H and O–H groups in total. The Morgan fingerprint density at radius 2 is 2.19 bits per heavy atom. The third-order valence-corrected chi connectivity index (χ3v) is 4.71. The number of nitrogens with zero attached hydrogens (tertiary/aromatic N) is 2. The van der Waals surface area contributed by atoms with Gasteiger partial charge in [0.05, 0.1) is 11.3 Å². The number of carbonyl (C=O) groups excluding carboxylic acids is 1. The van der Waals surface area contributed by atoms with Crippen LogP contribution >= 0.6 is 11.8 Å². The van der Waals surface area contributed by atoms with Crippen molar-refractivity contribution in [3.8, 4) is 6.07 Å². The highest BCUT2D eigenvalue weighted by atomic mass is 32.2. The first-order valence-corrected chi connectivity index (χ1v) is 8.44. The van der Waals surface area contributed by atoms with Crippen molar-refractivity contribution < 1.29 is 4.79 Å². The van der Waals surface area contributed by atoms with Crippen molar-refractivity contribution in [2.24, 2.45) is 5.92 Å². The number of benzene rings is 1. The first kappa shape index (κ1) is 15.7. The van der Waals surface area contributed by atoms with E-state index in [1.165, 1.54) is 0 Å². The van der Waals surface area contributed by atoms with E-state index in [2.05, 4.69) is 16.3 Å². The molecule has 0 saturated carbocycles. The smallest absolute Gasteiger partial charge is 0.216 e. The minimum absolute atomic E-state index is 0.0388. The molecule has 1 fully saturated rings. The summed E-state index contributed by atoms with van der Waals surface area (Å²) >= 11 is 1.61. The Morgan fingerprint density at radius 3 is 2.76 bits per heavy atom. The molecule has 5 heteroatoms. The van der Waals surface area contributed by atoms with E-state index in [-0.39, 0.29) is 5.91 Å². The lowest BCUT2D eigenvalue weighted by Gasteiger charge is -2.34. The van der Waals surface area contributed by atoms with Crippen LogP contribution in [-0.4, -0.2) is 31.8 Å². The van der Waals surface area contributed by atoms with Crippen molar-refractivity contribution in [1.82, 2.24) is 5.32 Å². The highest BCUT2D eigenvalue weighted by Crippen LogP contribution is 2.31. The molecule has 2 rings (SSSR count). The summed E-state index contributed by atoms with van der Waals surface area (Å²) in [6, 6.07) is 8.39. The predicted molar refractivity (Wildman–Crippen MR) is 86.6 cm³/mol. The normalized spacial score (nSPS) is 15.6. The van der Waals surface area contributed by atoms with Crippen molar-refractivity contribution >= 4 is 23.4 Å². The number of piperidine rings is 1. The zero-order valence-corrected chi connectivity index (χ0v) is 13.4. The van der Waals surface area contributed by atoms with Gasteiger partial charge in [-0.25, -0.2) is 0 Å². The van der Waals surface area contributed by atoms with Crippen LogP contribution in [0.1, 0.15) is 25.3 Å². The van der Waals surface area contributed by atoms with Crippen LogP contribution in [0.5, 0.6) is 0 Å². The summed E-state index contributed by atoms with van der Waals surface area (Å²) in [4.78, 5) is 14.3. The van der Waals surface area contributed by atoms with Gasteiger partial charge in [-0.2, -0.15) is 5.26 Å². The summed E-state index contributed by atoms with van der Waals surface area (Å²) in [5.41, 5.74) is 1.83. The lowest BCUT2D eigenvalue weighted by molar-refractivity contribution is -0.119. The Bertz CT molecular complexity index is 545. The molecule has 0 aliphatic carbocycles. The molecule has 1 aliphatic rings. The van der Waals surface area contributed by atoms with Gasteiger partial charge in [0.15, 0.2) is 0 Å². The number of amides is 1. The van der Waals surface area contributed by atoms with Gasteiger partial charge < -0.3 is 10.2 Å². The predicted octanol–water partition coefficient (Wildman–Crippen LogP) is 2.63. The highest BCUT2D eigenvalue weighted by molar-refractivity contribution is 7.98. The third-order valence-electron chi connectivity index (χ3n) is 3.93. The molecule has 4 nitrogen and oxygen atoms in total. The van der Waals surface area contributed by atoms with Gasteiger partial charge in [-0.15, -0.1) is 11.8 Å². The van der Waals surface area contributed by atoms with Gasteiger partial charge >= 0.3 is 0 Å². The van der Waals surface area contributed by atoms with Gasteiger partial charge in [0.1, 0.15) is 6.07 Å². The van der Waals surface area contributed by atoms with Crippen LogP contribution in [0.15, 0.2) is 23.1 Å². The molecule has 1 amide bonds. The molecule has 0 spiro atoms. The molecule has 1 aliphatic heterocycles. The van der Waals surface area contributed by atoms with E-state index < -0.39 is 0 Å². The van der Waals surface area contributed by atoms with Gasteiger partial charge in [-0.3, -0.25) is 4.79 Å². The molecule has 0 bridgehead atoms. The number of hydrogen-bond acceptors (Lipinski definition) is 4. The number of thioether (sulfide) groups is 1. The van der Waals surface area contributed by atoms with E-state index in [1.807, 2.05) is 24.5 Å². The average molecular weight is 303 g/mol. The molecule has 112 valence electrons. The average Bonchev–Trinajstić information content (AvgIpc) is 2.52. The van der Waals surface area contributed by atoms with Crippen molar-refractivity contribution in [2.45, 2.75) is 24.7 Å². The first-order valence-electron chi connectivity index (χ1n) is 7.22. The summed E-state index contributed by atoms with van der Waals surface area (Å²) in [6.07, 6.45) is 4.10. The van der Waals surface area contributed by atoms with Crippen LogP contribution in [0.25, 0.3) is 0 Å². The van der Waals surface area contributed by atoms with E-state index in [9.17, 15) is 10.1 Å². The number of anilines is 1. The number of nitriles is 1. The second kappa shape index (κ2) is 7.37. The van der Waals surface area contributed by atoms with Crippen LogP contribution < -0.4 is 10.2 Å². The van der Waals surface area contributed by atoms with E-state index in [0.29, 0.717) is 5.92 Å². The van der Waals surface area contributed by atoms with E-state index in [0.717, 1.165) is 48.6 Å². The lowest BCUT2D eigenvalue weighted by Crippen LogP contribution is -2.38. The van der Waals surface area contributed by atoms with Crippen molar-refractivity contribution in [3.05, 3.63) is 23.8 Å². The van der Waals surface area contributed by atoms with Crippen LogP contribution in [0, 0.1) is 17.2 Å². The SMILES string of the molecule is CSc1cccc(N2CCC(CNC(C)=O)CC2)c1C#N. The molecule has 0 unspecified atom stereocenters. The summed E-state index contributed by atoms with van der Waals surface area (Å²) in [6.45, 7) is 4.20. The monoisotopic (exact) mass is 303 g/mol. The maximum absolute atomic E-state index is 11.0. The Kier molecular flexibility index (Phi) is 5.51. The van der Waals surface area contributed by atoms with E-state index >= 15 is 0 Å². The fourth-order valence-electron chi connectivity index (χ4n) is 2.73. The van der Waals surface area contributed by atoms with Gasteiger partial charge in [0.2, 0.25) is 5.91 Å². The topological polar surface area (TPSA) is 56.1 Å². The zero-order chi connectivity index (χ0) is 15.2. The molecule has 0 radical (unpaired) electrons. The molecule has 1 saturated heterocycles. The summed E-state index contributed by atoms with van der Waals surface area (Å²) in [5, 5.41) is 12.3. The Balaban J connectivity index is 2.03. The standard InChI is InChI=1S/C16H21N3OS/c1-12(20)18-11-13-6-8-19(9-7-13)15-4-3-5-16(21-2)14(15)10-17/h3-5,13H,6-9,11H2,1-2H3,(H,18,20). The van der Waals surface area contributed by atoms with Crippen LogP contribution in [0.3, 0.4) is 0 Å². The van der Waals surface area contributed by atoms with Gasteiger partial charge in [-0.05, 0) is 37.1 Å². The van der Waals surface area contributed by atoms with Crippen LogP contribution in [0.4, 0.5) is 5.69 Å². The van der Waals surface area contributed by atoms with Gasteiger partial charge in [-0.1, -0.05) is 6.07 Å². The lowest BCUT2D eigenvalue weighted by atomic mass is 9.96. The summed E-state index contributed by atoms with van der Waals surface area (Å²) < 4.78 is 0. The quantitative estimate of drug-likeness (QED) is 0.869. The Labute approximate surface area is 130 Å². The molecular formula is C16H21N3OS. The highest BCUT2D eigenvalue weighted by Gasteiger charge is 2.22. The maximum atomic E-state index is 11.0. The Morgan fingerprint density at radius 1 is 1.48 bits per heavy atom. The molecule has 1 heterocycles. The van der Waals surface area contributed by atoms with Crippen molar-refractivity contribution in [1.29, 1.82) is 5.26 Å². The Hall–Kier alpha value is -1.67. The number of nitrogens with one attached hydrogen (secondary N) is 1. The second-order valence-electron chi connectivity index (χ2n) is 5.33. The second-order valence-corrected chi connectivity index (χ2v) is 6.18. The minimum Gasteiger partial charge on any atom is -0.370 e. The van der Waals surface area contributed by atoms with Crippen molar-refractivity contribution in [3.63, 3.8) is 0 Å². The summed E-state index contributed by atoms with van der Waals surface area (Å²) in [5.74, 6) is 0.580. The maximum Gasteiger partial charge on any atom is 0.216 e. The molecule has 1 aromatic carbocycles. The largest absolute Gasteiger partial charge is 0.370 e.